The van der Waals surface area contributed by atoms with Crippen LogP contribution in [0.25, 0.3) is 10.9 Å². The summed E-state index contributed by atoms with van der Waals surface area (Å²) in [5.41, 5.74) is 1.13. The number of benzene rings is 3. The van der Waals surface area contributed by atoms with Crippen molar-refractivity contribution in [2.45, 2.75) is 64.8 Å². The predicted octanol–water partition coefficient (Wildman–Crippen LogP) is 7.54. The molecule has 5 aromatic rings. The molecule has 1 N–H and O–H groups in total. The molecule has 7 nitrogen and oxygen atoms in total. The highest BCUT2D eigenvalue weighted by atomic mass is 35.5. The Kier molecular flexibility index (Phi) is 9.42. The Morgan fingerprint density at radius 1 is 1.00 bits per heavy atom. The molecule has 0 aliphatic rings. The maximum atomic E-state index is 15.1. The topological polar surface area (TPSA) is 72.0 Å². The number of halogens is 3. The summed E-state index contributed by atoms with van der Waals surface area (Å²) in [7, 11) is 0. The van der Waals surface area contributed by atoms with E-state index in [9.17, 15) is 9.50 Å². The number of rotatable bonds is 13. The van der Waals surface area contributed by atoms with Gasteiger partial charge in [-0.15, -0.1) is 0 Å². The molecule has 0 bridgehead atoms. The summed E-state index contributed by atoms with van der Waals surface area (Å²) in [6.07, 6.45) is 7.91. The van der Waals surface area contributed by atoms with Crippen molar-refractivity contribution in [3.8, 4) is 0 Å². The van der Waals surface area contributed by atoms with E-state index in [2.05, 4.69) is 58.2 Å². The molecule has 0 aliphatic heterocycles. The van der Waals surface area contributed by atoms with Crippen LogP contribution in [0.3, 0.4) is 0 Å². The number of aliphatic hydroxyl groups is 1. The standard InChI is InChI=1S/C33H37ClF2N6O/c1-4-24(5-2)14-15-40(19-25-6-8-27(34)9-7-25)29-11-13-32-26(16-29)18-38-42(32)23(3)33(43,20-41-22-37-21-39-41)30-12-10-28(35)17-31(30)36/h6-13,16-18,21-24,43H,4-5,14-15,19-20H2,1-3H3/t23-,33-/m1/s1. The molecule has 2 heterocycles. The van der Waals surface area contributed by atoms with Crippen molar-refractivity contribution in [1.29, 1.82) is 0 Å². The van der Waals surface area contributed by atoms with Gasteiger partial charge in [-0.2, -0.15) is 10.2 Å². The second-order valence-corrected chi connectivity index (χ2v) is 11.6. The third kappa shape index (κ3) is 6.73. The fourth-order valence-corrected chi connectivity index (χ4v) is 5.86. The summed E-state index contributed by atoms with van der Waals surface area (Å²) in [6, 6.07) is 16.5. The van der Waals surface area contributed by atoms with E-state index in [1.54, 1.807) is 17.8 Å². The minimum absolute atomic E-state index is 0.0484. The highest BCUT2D eigenvalue weighted by molar-refractivity contribution is 6.30. The van der Waals surface area contributed by atoms with Gasteiger partial charge in [-0.1, -0.05) is 56.5 Å². The molecule has 0 saturated heterocycles. The lowest BCUT2D eigenvalue weighted by Crippen LogP contribution is -2.41. The van der Waals surface area contributed by atoms with Crippen molar-refractivity contribution in [3.63, 3.8) is 0 Å². The van der Waals surface area contributed by atoms with Crippen LogP contribution in [0.15, 0.2) is 79.5 Å². The Morgan fingerprint density at radius 2 is 1.77 bits per heavy atom. The van der Waals surface area contributed by atoms with Crippen LogP contribution in [0.2, 0.25) is 5.02 Å². The minimum atomic E-state index is -1.82. The molecule has 43 heavy (non-hydrogen) atoms. The molecule has 0 spiro atoms. The van der Waals surface area contributed by atoms with Gasteiger partial charge in [-0.25, -0.2) is 18.4 Å². The van der Waals surface area contributed by atoms with E-state index in [4.69, 9.17) is 11.6 Å². The highest BCUT2D eigenvalue weighted by Gasteiger charge is 2.41. The molecule has 3 aromatic carbocycles. The Morgan fingerprint density at radius 3 is 2.44 bits per heavy atom. The third-order valence-corrected chi connectivity index (χ3v) is 8.77. The predicted molar refractivity (Wildman–Crippen MR) is 166 cm³/mol. The van der Waals surface area contributed by atoms with Gasteiger partial charge in [-0.3, -0.25) is 4.68 Å². The Bertz CT molecular complexity index is 1640. The van der Waals surface area contributed by atoms with Crippen LogP contribution in [0.4, 0.5) is 14.5 Å². The number of fused-ring (bicyclic) bond motifs is 1. The zero-order valence-electron chi connectivity index (χ0n) is 24.7. The first kappa shape index (κ1) is 30.6. The molecule has 10 heteroatoms. The molecule has 0 unspecified atom stereocenters. The third-order valence-electron chi connectivity index (χ3n) is 8.52. The van der Waals surface area contributed by atoms with Crippen LogP contribution < -0.4 is 4.90 Å². The normalized spacial score (nSPS) is 13.9. The molecule has 0 saturated carbocycles. The molecular weight excluding hydrogens is 570 g/mol. The average molecular weight is 607 g/mol. The molecule has 0 aliphatic carbocycles. The average Bonchev–Trinajstić information content (AvgIpc) is 3.67. The van der Waals surface area contributed by atoms with Gasteiger partial charge in [0.05, 0.1) is 24.3 Å². The van der Waals surface area contributed by atoms with Crippen LogP contribution in [0.1, 0.15) is 57.2 Å². The summed E-state index contributed by atoms with van der Waals surface area (Å²) in [6.45, 7) is 7.76. The summed E-state index contributed by atoms with van der Waals surface area (Å²) in [5, 5.41) is 22.4. The van der Waals surface area contributed by atoms with Gasteiger partial charge < -0.3 is 10.0 Å². The molecular formula is C33H37ClF2N6O. The monoisotopic (exact) mass is 606 g/mol. The van der Waals surface area contributed by atoms with E-state index in [1.807, 2.05) is 18.2 Å². The molecule has 0 amide bonds. The first-order valence-electron chi connectivity index (χ1n) is 14.7. The first-order valence-corrected chi connectivity index (χ1v) is 15.1. The Balaban J connectivity index is 1.50. The van der Waals surface area contributed by atoms with Crippen LogP contribution in [-0.4, -0.2) is 36.2 Å². The van der Waals surface area contributed by atoms with Crippen molar-refractivity contribution in [2.24, 2.45) is 5.92 Å². The Hall–Kier alpha value is -3.82. The van der Waals surface area contributed by atoms with Crippen molar-refractivity contribution < 1.29 is 13.9 Å². The van der Waals surface area contributed by atoms with Crippen molar-refractivity contribution in [1.82, 2.24) is 24.5 Å². The van der Waals surface area contributed by atoms with Gasteiger partial charge in [0, 0.05) is 40.8 Å². The zero-order valence-corrected chi connectivity index (χ0v) is 25.4. The van der Waals surface area contributed by atoms with E-state index in [0.717, 1.165) is 66.6 Å². The van der Waals surface area contributed by atoms with Gasteiger partial charge in [-0.05, 0) is 61.2 Å². The minimum Gasteiger partial charge on any atom is -0.381 e. The van der Waals surface area contributed by atoms with E-state index in [-0.39, 0.29) is 12.1 Å². The summed E-state index contributed by atoms with van der Waals surface area (Å²) >= 11 is 6.14. The van der Waals surface area contributed by atoms with Crippen LogP contribution in [0, 0.1) is 17.6 Å². The van der Waals surface area contributed by atoms with E-state index in [1.165, 1.54) is 23.4 Å². The quantitative estimate of drug-likeness (QED) is 0.150. The molecule has 2 aromatic heterocycles. The van der Waals surface area contributed by atoms with Gasteiger partial charge in [0.25, 0.3) is 0 Å². The molecule has 5 rings (SSSR count). The SMILES string of the molecule is CCC(CC)CCN(Cc1ccc(Cl)cc1)c1ccc2c(cnn2[C@H](C)[C@](O)(Cn2cncn2)c2ccc(F)cc2F)c1. The first-order chi connectivity index (χ1) is 20.7. The summed E-state index contributed by atoms with van der Waals surface area (Å²) in [4.78, 5) is 6.33. The molecule has 0 fully saturated rings. The number of hydrogen-bond donors (Lipinski definition) is 1. The van der Waals surface area contributed by atoms with Crippen molar-refractivity contribution in [2.75, 3.05) is 11.4 Å². The summed E-state index contributed by atoms with van der Waals surface area (Å²) < 4.78 is 32.1. The lowest BCUT2D eigenvalue weighted by Gasteiger charge is -2.35. The summed E-state index contributed by atoms with van der Waals surface area (Å²) in [5.74, 6) is -0.917. The number of aromatic nitrogens is 5. The number of hydrogen-bond acceptors (Lipinski definition) is 5. The fourth-order valence-electron chi connectivity index (χ4n) is 5.74. The highest BCUT2D eigenvalue weighted by Crippen LogP contribution is 2.38. The van der Waals surface area contributed by atoms with Gasteiger partial charge in [0.1, 0.15) is 29.9 Å². The fraction of sp³-hybridized carbons (Fsp3) is 0.364. The van der Waals surface area contributed by atoms with Crippen LogP contribution >= 0.6 is 11.6 Å². The van der Waals surface area contributed by atoms with Crippen LogP contribution in [0.5, 0.6) is 0 Å². The van der Waals surface area contributed by atoms with Crippen molar-refractivity contribution in [3.05, 3.63) is 107 Å². The molecule has 226 valence electrons. The second-order valence-electron chi connectivity index (χ2n) is 11.2. The van der Waals surface area contributed by atoms with Gasteiger partial charge >= 0.3 is 0 Å². The molecule has 0 radical (unpaired) electrons. The lowest BCUT2D eigenvalue weighted by atomic mass is 9.86. The Labute approximate surface area is 255 Å². The number of anilines is 1. The van der Waals surface area contributed by atoms with E-state index >= 15 is 4.39 Å². The zero-order chi connectivity index (χ0) is 30.6. The van der Waals surface area contributed by atoms with Crippen LogP contribution in [-0.2, 0) is 18.7 Å². The van der Waals surface area contributed by atoms with Gasteiger partial charge in [0.15, 0.2) is 0 Å². The maximum absolute atomic E-state index is 15.1. The largest absolute Gasteiger partial charge is 0.381 e. The van der Waals surface area contributed by atoms with Gasteiger partial charge in [0.2, 0.25) is 0 Å². The number of nitrogens with zero attached hydrogens (tertiary/aromatic N) is 6. The van der Waals surface area contributed by atoms with E-state index < -0.39 is 23.3 Å². The smallest absolute Gasteiger partial charge is 0.137 e. The maximum Gasteiger partial charge on any atom is 0.137 e. The lowest BCUT2D eigenvalue weighted by molar-refractivity contribution is -0.0354. The van der Waals surface area contributed by atoms with Crippen molar-refractivity contribution >= 4 is 28.2 Å². The molecule has 2 atom stereocenters. The second kappa shape index (κ2) is 13.2. The van der Waals surface area contributed by atoms with E-state index in [0.29, 0.717) is 10.9 Å².